The van der Waals surface area contributed by atoms with E-state index in [0.717, 1.165) is 5.01 Å². The van der Waals surface area contributed by atoms with Gasteiger partial charge >= 0.3 is 6.09 Å². The highest BCUT2D eigenvalue weighted by Crippen LogP contribution is 2.15. The zero-order chi connectivity index (χ0) is 13.5. The normalized spacial score (nSPS) is 10.3. The minimum atomic E-state index is -0.618. The zero-order valence-corrected chi connectivity index (χ0v) is 10.1. The minimum absolute atomic E-state index is 0.0708. The molecule has 0 bridgehead atoms. The number of hydrogen-bond donors (Lipinski definition) is 0. The van der Waals surface area contributed by atoms with Gasteiger partial charge in [0.15, 0.2) is 0 Å². The van der Waals surface area contributed by atoms with Gasteiger partial charge in [-0.3, -0.25) is 10.1 Å². The van der Waals surface area contributed by atoms with Gasteiger partial charge in [0.05, 0.1) is 23.3 Å². The van der Waals surface area contributed by atoms with E-state index < -0.39 is 11.0 Å². The van der Waals surface area contributed by atoms with Gasteiger partial charge in [-0.1, -0.05) is 12.1 Å². The first-order valence-corrected chi connectivity index (χ1v) is 5.24. The summed E-state index contributed by atoms with van der Waals surface area (Å²) in [6, 6.07) is 6.12. The first-order valence-electron chi connectivity index (χ1n) is 5.24. The largest absolute Gasteiger partial charge is 0.448 e. The van der Waals surface area contributed by atoms with Crippen molar-refractivity contribution in [1.29, 1.82) is 0 Å². The van der Waals surface area contributed by atoms with Crippen molar-refractivity contribution in [2.24, 2.45) is 5.10 Å². The van der Waals surface area contributed by atoms with Gasteiger partial charge in [-0.05, 0) is 13.0 Å². The maximum atomic E-state index is 11.2. The van der Waals surface area contributed by atoms with Crippen LogP contribution in [0.1, 0.15) is 12.5 Å². The fraction of sp³-hybridized carbons (Fsp3) is 0.273. The second-order valence-electron chi connectivity index (χ2n) is 3.28. The van der Waals surface area contributed by atoms with E-state index in [-0.39, 0.29) is 12.3 Å². The van der Waals surface area contributed by atoms with Crippen molar-refractivity contribution in [2.75, 3.05) is 13.7 Å². The summed E-state index contributed by atoms with van der Waals surface area (Å²) in [5, 5.41) is 15.5. The molecule has 0 unspecified atom stereocenters. The molecule has 0 saturated carbocycles. The van der Waals surface area contributed by atoms with E-state index in [4.69, 9.17) is 4.74 Å². The summed E-state index contributed by atoms with van der Waals surface area (Å²) in [5.41, 5.74) is 0.247. The Bertz CT molecular complexity index is 473. The molecule has 7 nitrogen and oxygen atoms in total. The van der Waals surface area contributed by atoms with E-state index in [1.807, 2.05) is 0 Å². The predicted molar refractivity (Wildman–Crippen MR) is 65.5 cm³/mol. The Balaban J connectivity index is 2.84. The number of nitro benzene ring substituents is 1. The molecule has 0 aliphatic rings. The van der Waals surface area contributed by atoms with Gasteiger partial charge in [0, 0.05) is 13.1 Å². The lowest BCUT2D eigenvalue weighted by atomic mass is 10.2. The van der Waals surface area contributed by atoms with Gasteiger partial charge in [0.2, 0.25) is 0 Å². The average molecular weight is 251 g/mol. The number of rotatable bonds is 4. The summed E-state index contributed by atoms with van der Waals surface area (Å²) < 4.78 is 4.71. The van der Waals surface area contributed by atoms with E-state index in [9.17, 15) is 14.9 Å². The van der Waals surface area contributed by atoms with Crippen molar-refractivity contribution in [2.45, 2.75) is 6.92 Å². The molecular weight excluding hydrogens is 238 g/mol. The number of nitro groups is 1. The Labute approximate surface area is 104 Å². The molecule has 0 aliphatic heterocycles. The number of carbonyl (C=O) groups excluding carboxylic acids is 1. The molecule has 0 heterocycles. The first kappa shape index (κ1) is 13.6. The highest BCUT2D eigenvalue weighted by atomic mass is 16.6. The van der Waals surface area contributed by atoms with Crippen LogP contribution in [0.4, 0.5) is 10.5 Å². The van der Waals surface area contributed by atoms with Crippen LogP contribution in [0, 0.1) is 10.1 Å². The highest BCUT2D eigenvalue weighted by Gasteiger charge is 2.11. The Morgan fingerprint density at radius 2 is 2.22 bits per heavy atom. The maximum absolute atomic E-state index is 11.2. The molecule has 7 heteroatoms. The molecule has 0 radical (unpaired) electrons. The van der Waals surface area contributed by atoms with Crippen LogP contribution in [0.3, 0.4) is 0 Å². The van der Waals surface area contributed by atoms with E-state index in [2.05, 4.69) is 5.10 Å². The molecule has 1 aromatic carbocycles. The lowest BCUT2D eigenvalue weighted by molar-refractivity contribution is -0.385. The van der Waals surface area contributed by atoms with E-state index >= 15 is 0 Å². The Morgan fingerprint density at radius 3 is 2.83 bits per heavy atom. The Morgan fingerprint density at radius 1 is 1.56 bits per heavy atom. The van der Waals surface area contributed by atoms with Gasteiger partial charge in [0.25, 0.3) is 5.69 Å². The zero-order valence-electron chi connectivity index (χ0n) is 10.1. The number of amides is 1. The van der Waals surface area contributed by atoms with Gasteiger partial charge in [-0.15, -0.1) is 0 Å². The number of benzene rings is 1. The number of hydrazone groups is 1. The average Bonchev–Trinajstić information content (AvgIpc) is 2.36. The molecule has 1 amide bonds. The lowest BCUT2D eigenvalue weighted by Gasteiger charge is -2.09. The topological polar surface area (TPSA) is 85.0 Å². The molecule has 96 valence electrons. The van der Waals surface area contributed by atoms with Crippen molar-refractivity contribution < 1.29 is 14.5 Å². The second-order valence-corrected chi connectivity index (χ2v) is 3.28. The molecule has 0 fully saturated rings. The fourth-order valence-corrected chi connectivity index (χ4v) is 1.18. The third-order valence-corrected chi connectivity index (χ3v) is 2.04. The van der Waals surface area contributed by atoms with Gasteiger partial charge in [-0.2, -0.15) is 5.10 Å². The van der Waals surface area contributed by atoms with Crippen molar-refractivity contribution >= 4 is 18.0 Å². The van der Waals surface area contributed by atoms with Crippen LogP contribution in [0.2, 0.25) is 0 Å². The molecule has 0 atom stereocenters. The van der Waals surface area contributed by atoms with Crippen LogP contribution in [0.5, 0.6) is 0 Å². The number of hydrogen-bond acceptors (Lipinski definition) is 5. The van der Waals surface area contributed by atoms with Gasteiger partial charge in [0.1, 0.15) is 0 Å². The molecule has 0 N–H and O–H groups in total. The Kier molecular flexibility index (Phi) is 4.79. The molecule has 0 spiro atoms. The van der Waals surface area contributed by atoms with Crippen molar-refractivity contribution in [1.82, 2.24) is 5.01 Å². The van der Waals surface area contributed by atoms with Gasteiger partial charge < -0.3 is 4.74 Å². The summed E-state index contributed by atoms with van der Waals surface area (Å²) in [4.78, 5) is 21.5. The summed E-state index contributed by atoms with van der Waals surface area (Å²) in [6.07, 6.45) is 0.627. The fourth-order valence-electron chi connectivity index (χ4n) is 1.18. The van der Waals surface area contributed by atoms with Crippen molar-refractivity contribution in [3.8, 4) is 0 Å². The van der Waals surface area contributed by atoms with E-state index in [1.165, 1.54) is 19.3 Å². The molecule has 0 saturated heterocycles. The summed E-state index contributed by atoms with van der Waals surface area (Å²) >= 11 is 0. The number of carbonyl (C=O) groups is 1. The van der Waals surface area contributed by atoms with Crippen LogP contribution in [-0.2, 0) is 4.74 Å². The summed E-state index contributed by atoms with van der Waals surface area (Å²) in [6.45, 7) is 1.92. The van der Waals surface area contributed by atoms with E-state index in [0.29, 0.717) is 5.56 Å². The van der Waals surface area contributed by atoms with Crippen molar-refractivity contribution in [3.05, 3.63) is 39.9 Å². The maximum Gasteiger partial charge on any atom is 0.430 e. The first-order chi connectivity index (χ1) is 8.56. The molecule has 0 aliphatic carbocycles. The summed E-state index contributed by atoms with van der Waals surface area (Å²) in [5.74, 6) is 0. The standard InChI is InChI=1S/C11H13N3O4/c1-3-18-11(15)13(2)12-8-9-6-4-5-7-10(9)14(16)17/h4-8H,3H2,1-2H3/b12-8+. The third kappa shape index (κ3) is 3.55. The molecule has 18 heavy (non-hydrogen) atoms. The predicted octanol–water partition coefficient (Wildman–Crippen LogP) is 2.02. The lowest BCUT2D eigenvalue weighted by Crippen LogP contribution is -2.22. The van der Waals surface area contributed by atoms with Crippen LogP contribution >= 0.6 is 0 Å². The summed E-state index contributed by atoms with van der Waals surface area (Å²) in [7, 11) is 1.41. The van der Waals surface area contributed by atoms with Crippen LogP contribution in [0.15, 0.2) is 29.4 Å². The van der Waals surface area contributed by atoms with Gasteiger partial charge in [-0.25, -0.2) is 9.80 Å². The molecule has 1 aromatic rings. The second kappa shape index (κ2) is 6.33. The van der Waals surface area contributed by atoms with E-state index in [1.54, 1.807) is 25.1 Å². The molecule has 0 aromatic heterocycles. The minimum Gasteiger partial charge on any atom is -0.448 e. The smallest absolute Gasteiger partial charge is 0.430 e. The number of ether oxygens (including phenoxy) is 1. The number of para-hydroxylation sites is 1. The molecular formula is C11H13N3O4. The molecule has 1 rings (SSSR count). The van der Waals surface area contributed by atoms with Crippen LogP contribution < -0.4 is 0 Å². The monoisotopic (exact) mass is 251 g/mol. The SMILES string of the molecule is CCOC(=O)N(C)/N=C/c1ccccc1[N+](=O)[O-]. The Hall–Kier alpha value is -2.44. The van der Waals surface area contributed by atoms with Crippen molar-refractivity contribution in [3.63, 3.8) is 0 Å². The van der Waals surface area contributed by atoms with Crippen LogP contribution in [0.25, 0.3) is 0 Å². The van der Waals surface area contributed by atoms with Crippen LogP contribution in [-0.4, -0.2) is 35.9 Å². The quantitative estimate of drug-likeness (QED) is 0.465. The third-order valence-electron chi connectivity index (χ3n) is 2.04. The number of nitrogens with zero attached hydrogens (tertiary/aromatic N) is 3. The highest BCUT2D eigenvalue weighted by molar-refractivity contribution is 5.85.